The molecule has 0 aliphatic carbocycles. The van der Waals surface area contributed by atoms with Gasteiger partial charge in [0, 0.05) is 30.3 Å². The molecule has 180 valence electrons. The maximum atomic E-state index is 13.2. The van der Waals surface area contributed by atoms with E-state index in [9.17, 15) is 19.2 Å². The summed E-state index contributed by atoms with van der Waals surface area (Å²) in [5, 5.41) is 12.2. The fourth-order valence-corrected chi connectivity index (χ4v) is 4.78. The molecule has 3 atom stereocenters. The first-order valence-electron chi connectivity index (χ1n) is 11.2. The summed E-state index contributed by atoms with van der Waals surface area (Å²) >= 11 is 6.40. The Labute approximate surface area is 200 Å². The van der Waals surface area contributed by atoms with E-state index in [1.807, 2.05) is 19.1 Å². The van der Waals surface area contributed by atoms with Crippen molar-refractivity contribution >= 4 is 35.0 Å². The van der Waals surface area contributed by atoms with E-state index in [0.29, 0.717) is 37.3 Å². The van der Waals surface area contributed by atoms with Gasteiger partial charge < -0.3 is 20.5 Å². The molecule has 2 aromatic heterocycles. The van der Waals surface area contributed by atoms with Gasteiger partial charge in [-0.05, 0) is 45.6 Å². The quantitative estimate of drug-likeness (QED) is 0.512. The predicted octanol–water partition coefficient (Wildman–Crippen LogP) is 2.12. The second kappa shape index (κ2) is 9.84. The molecule has 10 nitrogen and oxygen atoms in total. The number of aryl methyl sites for hydroxylation is 1. The van der Waals surface area contributed by atoms with Crippen LogP contribution in [0.15, 0.2) is 33.6 Å². The highest BCUT2D eigenvalue weighted by atomic mass is 35.5. The standard InChI is InChI=1S/C23H26ClN5O5/c1-3-4-14(10-13-7-8-25-20(13)30)26-22(32)19-6-5-18-15(24)11-17(23(33)29(18)19)27-21(31)16-9-12(2)34-28-16/h3-4,9,11,13-14,19H,5-8,10H2,1-2H3,(H,25,30)(H,26,32)(H,27,31)/b4-3+/t13-,14+,19-/m0/s1. The van der Waals surface area contributed by atoms with Gasteiger partial charge in [0.1, 0.15) is 17.5 Å². The molecule has 0 spiro atoms. The van der Waals surface area contributed by atoms with Gasteiger partial charge >= 0.3 is 0 Å². The highest BCUT2D eigenvalue weighted by Crippen LogP contribution is 2.31. The summed E-state index contributed by atoms with van der Waals surface area (Å²) in [5.41, 5.74) is -0.00656. The molecule has 1 saturated heterocycles. The number of anilines is 1. The van der Waals surface area contributed by atoms with Crippen LogP contribution in [-0.4, -0.2) is 40.0 Å². The summed E-state index contributed by atoms with van der Waals surface area (Å²) in [6, 6.07) is 1.71. The lowest BCUT2D eigenvalue weighted by molar-refractivity contribution is -0.126. The number of allylic oxidation sites excluding steroid dienone is 1. The molecule has 0 saturated carbocycles. The van der Waals surface area contributed by atoms with E-state index >= 15 is 0 Å². The van der Waals surface area contributed by atoms with Crippen LogP contribution in [0.4, 0.5) is 5.69 Å². The number of fused-ring (bicyclic) bond motifs is 1. The highest BCUT2D eigenvalue weighted by Gasteiger charge is 2.34. The lowest BCUT2D eigenvalue weighted by Gasteiger charge is -2.22. The maximum Gasteiger partial charge on any atom is 0.278 e. The monoisotopic (exact) mass is 487 g/mol. The van der Waals surface area contributed by atoms with Crippen molar-refractivity contribution in [3.63, 3.8) is 0 Å². The summed E-state index contributed by atoms with van der Waals surface area (Å²) in [4.78, 5) is 50.9. The van der Waals surface area contributed by atoms with Crippen molar-refractivity contribution in [3.05, 3.63) is 56.8 Å². The molecule has 4 rings (SSSR count). The third-order valence-corrected chi connectivity index (χ3v) is 6.45. The van der Waals surface area contributed by atoms with Gasteiger partial charge in [-0.25, -0.2) is 0 Å². The van der Waals surface area contributed by atoms with E-state index in [-0.39, 0.29) is 40.2 Å². The first-order valence-corrected chi connectivity index (χ1v) is 11.6. The Morgan fingerprint density at radius 3 is 2.79 bits per heavy atom. The molecule has 1 fully saturated rings. The van der Waals surface area contributed by atoms with Crippen LogP contribution in [0.2, 0.25) is 5.02 Å². The fraction of sp³-hybridized carbons (Fsp3) is 0.435. The molecule has 2 aromatic rings. The third kappa shape index (κ3) is 4.77. The highest BCUT2D eigenvalue weighted by molar-refractivity contribution is 6.31. The minimum atomic E-state index is -0.781. The number of amides is 3. The molecule has 2 aliphatic heterocycles. The van der Waals surface area contributed by atoms with Gasteiger partial charge in [0.05, 0.1) is 5.02 Å². The first kappa shape index (κ1) is 23.7. The van der Waals surface area contributed by atoms with Gasteiger partial charge in [0.2, 0.25) is 11.8 Å². The van der Waals surface area contributed by atoms with Crippen LogP contribution in [0.3, 0.4) is 0 Å². The zero-order valence-electron chi connectivity index (χ0n) is 18.9. The number of pyridine rings is 1. The number of hydrogen-bond acceptors (Lipinski definition) is 6. The number of nitrogens with zero attached hydrogens (tertiary/aromatic N) is 2. The van der Waals surface area contributed by atoms with Crippen LogP contribution in [0, 0.1) is 12.8 Å². The second-order valence-electron chi connectivity index (χ2n) is 8.51. The zero-order chi connectivity index (χ0) is 24.4. The van der Waals surface area contributed by atoms with Crippen molar-refractivity contribution < 1.29 is 18.9 Å². The Morgan fingerprint density at radius 1 is 1.35 bits per heavy atom. The van der Waals surface area contributed by atoms with Gasteiger partial charge in [-0.2, -0.15) is 0 Å². The summed E-state index contributed by atoms with van der Waals surface area (Å²) < 4.78 is 6.25. The average molecular weight is 488 g/mol. The molecule has 0 bridgehead atoms. The maximum absolute atomic E-state index is 13.2. The third-order valence-electron chi connectivity index (χ3n) is 6.12. The number of halogens is 1. The largest absolute Gasteiger partial charge is 0.361 e. The SMILES string of the molecule is C/C=C/[C@H](C[C@@H]1CCNC1=O)NC(=O)[C@@H]1CCc2c(Cl)cc(NC(=O)c3cc(C)on3)c(=O)n21. The van der Waals surface area contributed by atoms with Crippen LogP contribution in [0.1, 0.15) is 54.2 Å². The molecular formula is C23H26ClN5O5. The van der Waals surface area contributed by atoms with E-state index in [1.54, 1.807) is 6.92 Å². The molecular weight excluding hydrogens is 462 g/mol. The molecule has 34 heavy (non-hydrogen) atoms. The van der Waals surface area contributed by atoms with Crippen LogP contribution in [-0.2, 0) is 16.0 Å². The van der Waals surface area contributed by atoms with E-state index in [4.69, 9.17) is 16.1 Å². The zero-order valence-corrected chi connectivity index (χ0v) is 19.6. The van der Waals surface area contributed by atoms with Crippen LogP contribution in [0.25, 0.3) is 0 Å². The Kier molecular flexibility index (Phi) is 6.87. The first-order chi connectivity index (χ1) is 16.3. The Balaban J connectivity index is 1.55. The predicted molar refractivity (Wildman–Crippen MR) is 125 cm³/mol. The Hall–Kier alpha value is -3.40. The van der Waals surface area contributed by atoms with Crippen molar-refractivity contribution in [2.75, 3.05) is 11.9 Å². The number of aromatic nitrogens is 2. The van der Waals surface area contributed by atoms with Gasteiger partial charge in [-0.3, -0.25) is 23.7 Å². The van der Waals surface area contributed by atoms with Crippen molar-refractivity contribution in [3.8, 4) is 0 Å². The molecule has 3 amide bonds. The van der Waals surface area contributed by atoms with E-state index in [1.165, 1.54) is 16.7 Å². The van der Waals surface area contributed by atoms with Crippen LogP contribution < -0.4 is 21.5 Å². The minimum absolute atomic E-state index is 0.0133. The lowest BCUT2D eigenvalue weighted by atomic mass is 9.97. The van der Waals surface area contributed by atoms with Gasteiger partial charge in [0.25, 0.3) is 11.5 Å². The number of carbonyl (C=O) groups is 3. The Bertz CT molecular complexity index is 1220. The molecule has 0 unspecified atom stereocenters. The average Bonchev–Trinajstić information content (AvgIpc) is 3.52. The van der Waals surface area contributed by atoms with Crippen molar-refractivity contribution in [1.29, 1.82) is 0 Å². The summed E-state index contributed by atoms with van der Waals surface area (Å²) in [6.45, 7) is 4.12. The molecule has 4 heterocycles. The van der Waals surface area contributed by atoms with Crippen molar-refractivity contribution in [1.82, 2.24) is 20.4 Å². The van der Waals surface area contributed by atoms with Gasteiger partial charge in [-0.1, -0.05) is 28.9 Å². The summed E-state index contributed by atoms with van der Waals surface area (Å²) in [7, 11) is 0. The van der Waals surface area contributed by atoms with E-state index < -0.39 is 17.5 Å². The lowest BCUT2D eigenvalue weighted by Crippen LogP contribution is -2.42. The van der Waals surface area contributed by atoms with E-state index in [0.717, 1.165) is 6.42 Å². The summed E-state index contributed by atoms with van der Waals surface area (Å²) in [5.74, 6) is -0.685. The van der Waals surface area contributed by atoms with Crippen molar-refractivity contribution in [2.24, 2.45) is 5.92 Å². The minimum Gasteiger partial charge on any atom is -0.361 e. The molecule has 11 heteroatoms. The number of hydrogen-bond donors (Lipinski definition) is 3. The van der Waals surface area contributed by atoms with Crippen molar-refractivity contribution in [2.45, 2.75) is 51.6 Å². The number of nitrogens with one attached hydrogen (secondary N) is 3. The van der Waals surface area contributed by atoms with E-state index in [2.05, 4.69) is 21.1 Å². The van der Waals surface area contributed by atoms with Gasteiger partial charge in [0.15, 0.2) is 5.69 Å². The normalized spacial score (nSPS) is 20.3. The second-order valence-corrected chi connectivity index (χ2v) is 8.92. The molecule has 0 aromatic carbocycles. The fourth-order valence-electron chi connectivity index (χ4n) is 4.48. The molecule has 2 aliphatic rings. The van der Waals surface area contributed by atoms with Crippen LogP contribution in [0.5, 0.6) is 0 Å². The topological polar surface area (TPSA) is 135 Å². The van der Waals surface area contributed by atoms with Gasteiger partial charge in [-0.15, -0.1) is 0 Å². The smallest absolute Gasteiger partial charge is 0.278 e. The molecule has 3 N–H and O–H groups in total. The Morgan fingerprint density at radius 2 is 2.15 bits per heavy atom. The summed E-state index contributed by atoms with van der Waals surface area (Å²) in [6.07, 6.45) is 5.70. The number of rotatable bonds is 7. The molecule has 0 radical (unpaired) electrons. The van der Waals surface area contributed by atoms with Crippen LogP contribution >= 0.6 is 11.6 Å². The number of carbonyl (C=O) groups excluding carboxylic acids is 3.